The molecule has 2 N–H and O–H groups in total. The van der Waals surface area contributed by atoms with Crippen LogP contribution in [0.15, 0.2) is 24.3 Å². The number of likely N-dealkylation sites (tertiary alicyclic amines) is 1. The van der Waals surface area contributed by atoms with E-state index in [1.54, 1.807) is 0 Å². The third kappa shape index (κ3) is 3.85. The van der Waals surface area contributed by atoms with Gasteiger partial charge in [0.15, 0.2) is 0 Å². The zero-order chi connectivity index (χ0) is 15.4. The molecule has 5 heteroatoms. The molecule has 1 aromatic rings. The van der Waals surface area contributed by atoms with E-state index in [1.165, 1.54) is 5.56 Å². The van der Waals surface area contributed by atoms with Crippen molar-refractivity contribution in [3.63, 3.8) is 0 Å². The summed E-state index contributed by atoms with van der Waals surface area (Å²) in [7, 11) is 0. The van der Waals surface area contributed by atoms with Crippen LogP contribution in [0.4, 0.5) is 0 Å². The molecule has 22 heavy (non-hydrogen) atoms. The van der Waals surface area contributed by atoms with Crippen molar-refractivity contribution in [3.8, 4) is 0 Å². The fraction of sp³-hybridized carbons (Fsp3) is 0.588. The predicted octanol–water partition coefficient (Wildman–Crippen LogP) is 1.08. The molecule has 5 nitrogen and oxygen atoms in total. The molecule has 1 atom stereocenters. The van der Waals surface area contributed by atoms with Crippen molar-refractivity contribution in [2.24, 2.45) is 5.73 Å². The molecule has 0 aliphatic carbocycles. The van der Waals surface area contributed by atoms with Crippen LogP contribution < -0.4 is 5.73 Å². The highest BCUT2D eigenvalue weighted by Gasteiger charge is 2.22. The second kappa shape index (κ2) is 7.22. The number of ether oxygens (including phenoxy) is 1. The molecule has 2 saturated heterocycles. The van der Waals surface area contributed by atoms with Gasteiger partial charge in [0.2, 0.25) is 0 Å². The van der Waals surface area contributed by atoms with E-state index in [1.807, 2.05) is 17.0 Å². The summed E-state index contributed by atoms with van der Waals surface area (Å²) in [5.74, 6) is 0.105. The smallest absolute Gasteiger partial charge is 0.253 e. The largest absolute Gasteiger partial charge is 0.379 e. The minimum Gasteiger partial charge on any atom is -0.379 e. The molecule has 120 valence electrons. The predicted molar refractivity (Wildman–Crippen MR) is 85.7 cm³/mol. The zero-order valence-electron chi connectivity index (χ0n) is 13.0. The Morgan fingerprint density at radius 3 is 2.59 bits per heavy atom. The molecular weight excluding hydrogens is 278 g/mol. The molecule has 0 radical (unpaired) electrons. The standard InChI is InChI=1S/C17H25N3O2/c18-16-2-1-7-20(13-16)17(21)15-5-3-14(4-6-15)12-19-8-10-22-11-9-19/h3-6,16H,1-2,7-13,18H2/t16-/m0/s1. The summed E-state index contributed by atoms with van der Waals surface area (Å²) in [5, 5.41) is 0. The molecule has 0 bridgehead atoms. The number of rotatable bonds is 3. The Morgan fingerprint density at radius 1 is 1.18 bits per heavy atom. The van der Waals surface area contributed by atoms with Gasteiger partial charge in [-0.3, -0.25) is 9.69 Å². The number of morpholine rings is 1. The Bertz CT molecular complexity index is 497. The summed E-state index contributed by atoms with van der Waals surface area (Å²) >= 11 is 0. The maximum Gasteiger partial charge on any atom is 0.253 e. The Morgan fingerprint density at radius 2 is 1.91 bits per heavy atom. The molecule has 1 aromatic carbocycles. The Kier molecular flexibility index (Phi) is 5.08. The van der Waals surface area contributed by atoms with Gasteiger partial charge in [0.1, 0.15) is 0 Å². The van der Waals surface area contributed by atoms with E-state index in [0.29, 0.717) is 6.54 Å². The molecule has 0 unspecified atom stereocenters. The molecule has 0 saturated carbocycles. The van der Waals surface area contributed by atoms with Crippen LogP contribution in [-0.4, -0.2) is 61.1 Å². The van der Waals surface area contributed by atoms with Crippen molar-refractivity contribution in [2.75, 3.05) is 39.4 Å². The molecule has 0 spiro atoms. The van der Waals surface area contributed by atoms with Gasteiger partial charge < -0.3 is 15.4 Å². The minimum absolute atomic E-state index is 0.105. The minimum atomic E-state index is 0.105. The van der Waals surface area contributed by atoms with Gasteiger partial charge in [0.05, 0.1) is 13.2 Å². The molecule has 2 aliphatic heterocycles. The number of benzene rings is 1. The number of carbonyl (C=O) groups excluding carboxylic acids is 1. The van der Waals surface area contributed by atoms with E-state index in [-0.39, 0.29) is 11.9 Å². The van der Waals surface area contributed by atoms with Crippen LogP contribution in [0.25, 0.3) is 0 Å². The van der Waals surface area contributed by atoms with Gasteiger partial charge in [-0.15, -0.1) is 0 Å². The Labute approximate surface area is 132 Å². The van der Waals surface area contributed by atoms with Crippen molar-refractivity contribution in [1.82, 2.24) is 9.80 Å². The van der Waals surface area contributed by atoms with Crippen LogP contribution in [0.2, 0.25) is 0 Å². The lowest BCUT2D eigenvalue weighted by Crippen LogP contribution is -2.45. The monoisotopic (exact) mass is 303 g/mol. The summed E-state index contributed by atoms with van der Waals surface area (Å²) in [6.45, 7) is 6.00. The number of piperidine rings is 1. The zero-order valence-corrected chi connectivity index (χ0v) is 13.0. The topological polar surface area (TPSA) is 58.8 Å². The second-order valence-corrected chi connectivity index (χ2v) is 6.24. The lowest BCUT2D eigenvalue weighted by Gasteiger charge is -2.31. The van der Waals surface area contributed by atoms with Crippen LogP contribution in [-0.2, 0) is 11.3 Å². The molecule has 2 fully saturated rings. The Hall–Kier alpha value is -1.43. The lowest BCUT2D eigenvalue weighted by atomic mass is 10.0. The third-order valence-electron chi connectivity index (χ3n) is 4.46. The third-order valence-corrected chi connectivity index (χ3v) is 4.46. The van der Waals surface area contributed by atoms with Gasteiger partial charge in [-0.2, -0.15) is 0 Å². The van der Waals surface area contributed by atoms with E-state index >= 15 is 0 Å². The number of amides is 1. The summed E-state index contributed by atoms with van der Waals surface area (Å²) in [4.78, 5) is 16.7. The van der Waals surface area contributed by atoms with Gasteiger partial charge in [-0.25, -0.2) is 0 Å². The molecule has 1 amide bonds. The van der Waals surface area contributed by atoms with Crippen molar-refractivity contribution in [1.29, 1.82) is 0 Å². The van der Waals surface area contributed by atoms with Gasteiger partial charge in [-0.05, 0) is 30.5 Å². The highest BCUT2D eigenvalue weighted by atomic mass is 16.5. The SMILES string of the molecule is N[C@H]1CCCN(C(=O)c2ccc(CN3CCOCC3)cc2)C1. The number of carbonyl (C=O) groups is 1. The lowest BCUT2D eigenvalue weighted by molar-refractivity contribution is 0.0342. The average molecular weight is 303 g/mol. The maximum atomic E-state index is 12.5. The fourth-order valence-corrected chi connectivity index (χ4v) is 3.15. The molecular formula is C17H25N3O2. The highest BCUT2D eigenvalue weighted by molar-refractivity contribution is 5.94. The van der Waals surface area contributed by atoms with Crippen molar-refractivity contribution in [2.45, 2.75) is 25.4 Å². The van der Waals surface area contributed by atoms with Crippen molar-refractivity contribution < 1.29 is 9.53 Å². The van der Waals surface area contributed by atoms with E-state index in [2.05, 4.69) is 17.0 Å². The van der Waals surface area contributed by atoms with Crippen molar-refractivity contribution >= 4 is 5.91 Å². The number of hydrogen-bond donors (Lipinski definition) is 1. The van der Waals surface area contributed by atoms with Crippen LogP contribution in [0.1, 0.15) is 28.8 Å². The quantitative estimate of drug-likeness (QED) is 0.908. The first-order valence-electron chi connectivity index (χ1n) is 8.16. The number of nitrogens with two attached hydrogens (primary N) is 1. The van der Waals surface area contributed by atoms with E-state index in [9.17, 15) is 4.79 Å². The van der Waals surface area contributed by atoms with Gasteiger partial charge in [-0.1, -0.05) is 12.1 Å². The molecule has 2 heterocycles. The van der Waals surface area contributed by atoms with Gasteiger partial charge in [0, 0.05) is 44.3 Å². The average Bonchev–Trinajstić information content (AvgIpc) is 2.56. The molecule has 2 aliphatic rings. The van der Waals surface area contributed by atoms with Crippen LogP contribution in [0.3, 0.4) is 0 Å². The van der Waals surface area contributed by atoms with E-state index in [0.717, 1.165) is 57.8 Å². The van der Waals surface area contributed by atoms with Gasteiger partial charge >= 0.3 is 0 Å². The normalized spacial score (nSPS) is 23.5. The summed E-state index contributed by atoms with van der Waals surface area (Å²) in [6, 6.07) is 8.13. The summed E-state index contributed by atoms with van der Waals surface area (Å²) in [5.41, 5.74) is 7.97. The molecule has 3 rings (SSSR count). The molecule has 0 aromatic heterocycles. The van der Waals surface area contributed by atoms with Crippen LogP contribution in [0, 0.1) is 0 Å². The summed E-state index contributed by atoms with van der Waals surface area (Å²) < 4.78 is 5.36. The second-order valence-electron chi connectivity index (χ2n) is 6.24. The Balaban J connectivity index is 1.59. The first kappa shape index (κ1) is 15.5. The highest BCUT2D eigenvalue weighted by Crippen LogP contribution is 2.14. The van der Waals surface area contributed by atoms with Crippen molar-refractivity contribution in [3.05, 3.63) is 35.4 Å². The number of hydrogen-bond acceptors (Lipinski definition) is 4. The van der Waals surface area contributed by atoms with Crippen LogP contribution in [0.5, 0.6) is 0 Å². The summed E-state index contributed by atoms with van der Waals surface area (Å²) in [6.07, 6.45) is 2.02. The van der Waals surface area contributed by atoms with Gasteiger partial charge in [0.25, 0.3) is 5.91 Å². The first-order chi connectivity index (χ1) is 10.7. The van der Waals surface area contributed by atoms with Crippen LogP contribution >= 0.6 is 0 Å². The van der Waals surface area contributed by atoms with E-state index < -0.39 is 0 Å². The van der Waals surface area contributed by atoms with E-state index in [4.69, 9.17) is 10.5 Å². The maximum absolute atomic E-state index is 12.5. The number of nitrogens with zero attached hydrogens (tertiary/aromatic N) is 2. The first-order valence-corrected chi connectivity index (χ1v) is 8.16. The fourth-order valence-electron chi connectivity index (χ4n) is 3.15.